The largest absolute Gasteiger partial charge is 0.457 e. The van der Waals surface area contributed by atoms with Crippen LogP contribution in [0.3, 0.4) is 0 Å². The van der Waals surface area contributed by atoms with E-state index in [1.165, 1.54) is 60.7 Å². The first-order valence-electron chi connectivity index (χ1n) is 21.2. The van der Waals surface area contributed by atoms with E-state index in [0.717, 1.165) is 109 Å². The molecule has 8 N–H and O–H groups in total. The van der Waals surface area contributed by atoms with E-state index in [4.69, 9.17) is 20.9 Å². The van der Waals surface area contributed by atoms with Crippen molar-refractivity contribution in [2.75, 3.05) is 11.5 Å². The molecule has 0 saturated heterocycles. The van der Waals surface area contributed by atoms with Gasteiger partial charge in [0.25, 0.3) is 40.5 Å². The Morgan fingerprint density at radius 3 is 0.973 bits per heavy atom. The highest BCUT2D eigenvalue weighted by Gasteiger charge is 2.33. The summed E-state index contributed by atoms with van der Waals surface area (Å²) in [6.45, 7) is 0. The Balaban J connectivity index is 1.30. The monoisotopic (exact) mass is 1110 g/mol. The molecule has 0 aromatic heterocycles. The minimum atomic E-state index is -5.21. The summed E-state index contributed by atoms with van der Waals surface area (Å²) in [5.74, 6) is -2.28. The van der Waals surface area contributed by atoms with Gasteiger partial charge in [-0.1, -0.05) is 48.5 Å². The third kappa shape index (κ3) is 11.7. The van der Waals surface area contributed by atoms with Crippen molar-refractivity contribution in [3.05, 3.63) is 192 Å². The minimum Gasteiger partial charge on any atom is -0.457 e. The van der Waals surface area contributed by atoms with Crippen molar-refractivity contribution < 1.29 is 79.4 Å². The number of hydrogen-bond donors (Lipinski definition) is 6. The van der Waals surface area contributed by atoms with Crippen molar-refractivity contribution >= 4 is 73.3 Å². The van der Waals surface area contributed by atoms with E-state index in [2.05, 4.69) is 0 Å². The molecule has 75 heavy (non-hydrogen) atoms. The second-order valence-electron chi connectivity index (χ2n) is 16.2. The third-order valence-corrected chi connectivity index (χ3v) is 16.6. The van der Waals surface area contributed by atoms with Crippen molar-refractivity contribution in [3.63, 3.8) is 0 Å². The summed E-state index contributed by atoms with van der Waals surface area (Å²) in [6, 6.07) is 32.2. The number of benzene rings is 8. The van der Waals surface area contributed by atoms with E-state index < -0.39 is 114 Å². The van der Waals surface area contributed by atoms with Gasteiger partial charge in [-0.25, -0.2) is 8.42 Å². The summed E-state index contributed by atoms with van der Waals surface area (Å²) >= 11 is 0. The first-order chi connectivity index (χ1) is 35.1. The van der Waals surface area contributed by atoms with Crippen LogP contribution >= 0.6 is 0 Å². The molecule has 0 spiro atoms. The number of ketones is 2. The van der Waals surface area contributed by atoms with E-state index in [0.29, 0.717) is 11.4 Å². The van der Waals surface area contributed by atoms with Gasteiger partial charge in [0.2, 0.25) is 9.84 Å². The molecule has 0 heterocycles. The molecule has 0 aliphatic heterocycles. The summed E-state index contributed by atoms with van der Waals surface area (Å²) in [5.41, 5.74) is 9.51. The zero-order valence-electron chi connectivity index (χ0n) is 37.9. The topological polar surface area (TPSA) is 356 Å². The number of nitrogen functional groups attached to an aromatic ring is 2. The molecule has 0 unspecified atom stereocenters. The predicted octanol–water partition coefficient (Wildman–Crippen LogP) is 8.05. The van der Waals surface area contributed by atoms with Gasteiger partial charge in [-0.05, 0) is 132 Å². The highest BCUT2D eigenvalue weighted by Crippen LogP contribution is 2.38. The molecule has 0 amide bonds. The Bertz CT molecular complexity index is 3940. The maximum Gasteiger partial charge on any atom is 0.295 e. The van der Waals surface area contributed by atoms with Gasteiger partial charge in [0.1, 0.15) is 32.8 Å². The number of anilines is 2. The van der Waals surface area contributed by atoms with Gasteiger partial charge in [-0.3, -0.25) is 27.8 Å². The Morgan fingerprint density at radius 1 is 0.347 bits per heavy atom. The molecule has 0 radical (unpaired) electrons. The zero-order chi connectivity index (χ0) is 54.4. The molecular weight excluding hydrogens is 1080 g/mol. The second kappa shape index (κ2) is 20.0. The van der Waals surface area contributed by atoms with Crippen molar-refractivity contribution in [2.45, 2.75) is 29.4 Å². The fourth-order valence-electron chi connectivity index (χ4n) is 7.59. The number of hydrogen-bond acceptors (Lipinski definition) is 16. The number of carbonyl (C=O) groups is 2. The molecule has 0 aliphatic rings. The molecular formula is C50H36N2O18S5. The van der Waals surface area contributed by atoms with Gasteiger partial charge in [-0.2, -0.15) is 33.7 Å². The van der Waals surface area contributed by atoms with Crippen LogP contribution in [0.4, 0.5) is 11.4 Å². The quantitative estimate of drug-likeness (QED) is 0.0302. The average Bonchev–Trinajstić information content (AvgIpc) is 3.36. The molecule has 0 saturated carbocycles. The fourth-order valence-corrected chi connectivity index (χ4v) is 11.6. The molecule has 384 valence electrons. The van der Waals surface area contributed by atoms with Crippen LogP contribution in [0.25, 0.3) is 22.3 Å². The first-order valence-corrected chi connectivity index (χ1v) is 28.4. The van der Waals surface area contributed by atoms with Crippen molar-refractivity contribution in [3.8, 4) is 45.3 Å². The number of ether oxygens (including phenoxy) is 2. The maximum atomic E-state index is 15.3. The first kappa shape index (κ1) is 53.2. The highest BCUT2D eigenvalue weighted by atomic mass is 32.2. The molecule has 8 rings (SSSR count). The number of sulfone groups is 1. The van der Waals surface area contributed by atoms with Gasteiger partial charge in [0.05, 0.1) is 19.6 Å². The number of carbonyl (C=O) groups excluding carboxylic acids is 2. The van der Waals surface area contributed by atoms with Crippen LogP contribution < -0.4 is 20.9 Å². The lowest BCUT2D eigenvalue weighted by molar-refractivity contribution is 0.102. The van der Waals surface area contributed by atoms with Gasteiger partial charge in [0, 0.05) is 44.8 Å². The van der Waals surface area contributed by atoms with E-state index in [1.54, 1.807) is 0 Å². The minimum absolute atomic E-state index is 0.00452. The van der Waals surface area contributed by atoms with Crippen molar-refractivity contribution in [1.29, 1.82) is 0 Å². The summed E-state index contributed by atoms with van der Waals surface area (Å²) < 4.78 is 180. The smallest absolute Gasteiger partial charge is 0.295 e. The van der Waals surface area contributed by atoms with Gasteiger partial charge >= 0.3 is 0 Å². The molecule has 8 aromatic carbocycles. The van der Waals surface area contributed by atoms with Crippen LogP contribution in [0.15, 0.2) is 199 Å². The summed E-state index contributed by atoms with van der Waals surface area (Å²) in [6.07, 6.45) is 0. The van der Waals surface area contributed by atoms with E-state index in [-0.39, 0.29) is 45.3 Å². The van der Waals surface area contributed by atoms with Crippen molar-refractivity contribution in [2.24, 2.45) is 0 Å². The molecule has 8 aromatic rings. The predicted molar refractivity (Wildman–Crippen MR) is 270 cm³/mol. The van der Waals surface area contributed by atoms with Crippen LogP contribution in [-0.4, -0.2) is 71.9 Å². The Kier molecular flexibility index (Phi) is 14.2. The zero-order valence-corrected chi connectivity index (χ0v) is 41.9. The average molecular weight is 1110 g/mol. The van der Waals surface area contributed by atoms with Crippen LogP contribution in [0.5, 0.6) is 23.0 Å². The lowest BCUT2D eigenvalue weighted by atomic mass is 9.99. The summed E-state index contributed by atoms with van der Waals surface area (Å²) in [4.78, 5) is 25.2. The van der Waals surface area contributed by atoms with Crippen LogP contribution in [0.1, 0.15) is 31.8 Å². The molecule has 20 nitrogen and oxygen atoms in total. The maximum absolute atomic E-state index is 15.3. The van der Waals surface area contributed by atoms with Crippen LogP contribution in [0.2, 0.25) is 0 Å². The molecule has 0 fully saturated rings. The van der Waals surface area contributed by atoms with Gasteiger partial charge in [-0.15, -0.1) is 0 Å². The normalized spacial score (nSPS) is 12.2. The summed E-state index contributed by atoms with van der Waals surface area (Å²) in [7, 11) is -24.9. The van der Waals surface area contributed by atoms with Crippen molar-refractivity contribution in [1.82, 2.24) is 0 Å². The SMILES string of the molecule is Nc1ccc(Oc2ccc(S(=O)(=O)c3ccc(Oc4ccc(N)cc4)cc3C(=O)c3ccc(-c4ccc(S(=O)(=O)O)cc4)c(S(=O)(=O)O)c3)c(C(=O)c3ccc(-c4ccc(S(=O)(=O)O)cc4)c(S(=O)(=O)O)c3)c2)cc1. The Hall–Kier alpha value is -8.11. The summed E-state index contributed by atoms with van der Waals surface area (Å²) in [5, 5.41) is 0. The van der Waals surface area contributed by atoms with Crippen LogP contribution in [-0.2, 0) is 50.3 Å². The van der Waals surface area contributed by atoms with Crippen LogP contribution in [0, 0.1) is 0 Å². The Morgan fingerprint density at radius 2 is 0.667 bits per heavy atom. The third-order valence-electron chi connectivity index (χ3n) is 11.2. The van der Waals surface area contributed by atoms with E-state index >= 15 is 8.42 Å². The molecule has 0 bridgehead atoms. The molecule has 25 heteroatoms. The molecule has 0 atom stereocenters. The van der Waals surface area contributed by atoms with E-state index in [9.17, 15) is 61.5 Å². The Labute approximate surface area is 428 Å². The lowest BCUT2D eigenvalue weighted by Crippen LogP contribution is -2.16. The van der Waals surface area contributed by atoms with E-state index in [1.807, 2.05) is 0 Å². The highest BCUT2D eigenvalue weighted by molar-refractivity contribution is 7.91. The fraction of sp³-hybridized carbons (Fsp3) is 0. The standard InChI is InChI=1S/C50H36N2O18S5/c51-33-7-11-35(12-8-33)69-37-15-23-45(43(27-37)49(53)31-5-21-41(47(25-31)74(63,64)65)29-1-17-39(18-2-29)72(57,58)59)71(55,56)46-24-16-38(70-36-13-9-34(52)10-14-36)28-44(46)50(54)32-6-22-42(48(26-32)75(66,67)68)30-3-19-40(20-4-30)73(60,61)62/h1-28H,51-52H2,(H,57,58,59)(H,60,61,62)(H,63,64,65)(H,66,67,68). The lowest BCUT2D eigenvalue weighted by Gasteiger charge is -2.17. The number of nitrogens with two attached hydrogens (primary N) is 2. The van der Waals surface area contributed by atoms with Gasteiger partial charge in [0.15, 0.2) is 11.6 Å². The molecule has 0 aliphatic carbocycles. The van der Waals surface area contributed by atoms with Gasteiger partial charge < -0.3 is 20.9 Å². The number of rotatable bonds is 16. The second-order valence-corrected chi connectivity index (χ2v) is 23.7.